The van der Waals surface area contributed by atoms with Crippen LogP contribution in [0.25, 0.3) is 11.0 Å². The van der Waals surface area contributed by atoms with Gasteiger partial charge in [-0.05, 0) is 72.9 Å². The number of fused-ring (bicyclic) bond motifs is 2. The van der Waals surface area contributed by atoms with Gasteiger partial charge in [-0.3, -0.25) is 9.59 Å². The molecule has 6 nitrogen and oxygen atoms in total. The van der Waals surface area contributed by atoms with Gasteiger partial charge in [-0.25, -0.2) is 4.39 Å². The highest BCUT2D eigenvalue weighted by atomic mass is 79.9. The lowest BCUT2D eigenvalue weighted by Gasteiger charge is -2.26. The van der Waals surface area contributed by atoms with Crippen molar-refractivity contribution in [1.29, 1.82) is 0 Å². The zero-order valence-corrected chi connectivity index (χ0v) is 23.6. The van der Waals surface area contributed by atoms with Crippen LogP contribution < -0.4 is 14.9 Å². The fourth-order valence-corrected chi connectivity index (χ4v) is 5.14. The van der Waals surface area contributed by atoms with Crippen molar-refractivity contribution >= 4 is 32.8 Å². The first-order chi connectivity index (χ1) is 18.8. The van der Waals surface area contributed by atoms with E-state index in [-0.39, 0.29) is 29.1 Å². The topological polar surface area (TPSA) is 69.0 Å². The Hall–Kier alpha value is -3.65. The first-order valence-corrected chi connectivity index (χ1v) is 13.8. The second-order valence-corrected chi connectivity index (χ2v) is 10.9. The molecule has 4 aromatic rings. The highest BCUT2D eigenvalue weighted by Gasteiger charge is 2.43. The number of hydrogen-bond acceptors (Lipinski definition) is 5. The van der Waals surface area contributed by atoms with Crippen molar-refractivity contribution in [2.75, 3.05) is 13.2 Å². The third-order valence-electron chi connectivity index (χ3n) is 6.73. The van der Waals surface area contributed by atoms with E-state index < -0.39 is 11.9 Å². The molecule has 0 aliphatic carbocycles. The Balaban J connectivity index is 1.64. The quantitative estimate of drug-likeness (QED) is 0.204. The summed E-state index contributed by atoms with van der Waals surface area (Å²) in [6, 6.07) is 15.8. The van der Waals surface area contributed by atoms with Crippen LogP contribution >= 0.6 is 15.9 Å². The largest absolute Gasteiger partial charge is 0.490 e. The number of benzene rings is 3. The van der Waals surface area contributed by atoms with Crippen molar-refractivity contribution in [3.63, 3.8) is 0 Å². The summed E-state index contributed by atoms with van der Waals surface area (Å²) in [5.41, 5.74) is 1.74. The van der Waals surface area contributed by atoms with Crippen LogP contribution in [0.15, 0.2) is 74.3 Å². The molecule has 1 unspecified atom stereocenters. The molecular formula is C31H29BrFNO5. The summed E-state index contributed by atoms with van der Waals surface area (Å²) in [7, 11) is 0. The first-order valence-electron chi connectivity index (χ1n) is 13.0. The Morgan fingerprint density at radius 2 is 1.77 bits per heavy atom. The van der Waals surface area contributed by atoms with Gasteiger partial charge in [0.25, 0.3) is 5.91 Å². The molecule has 3 aromatic carbocycles. The van der Waals surface area contributed by atoms with Crippen molar-refractivity contribution in [1.82, 2.24) is 4.90 Å². The van der Waals surface area contributed by atoms with Crippen molar-refractivity contribution in [2.24, 2.45) is 5.92 Å². The zero-order chi connectivity index (χ0) is 27.7. The molecule has 0 fully saturated rings. The van der Waals surface area contributed by atoms with Crippen molar-refractivity contribution in [2.45, 2.75) is 39.8 Å². The molecule has 1 atom stereocenters. The first kappa shape index (κ1) is 26.9. The maximum absolute atomic E-state index is 13.9. The number of carbonyl (C=O) groups excluding carboxylic acids is 1. The van der Waals surface area contributed by atoms with Crippen molar-refractivity contribution in [3.8, 4) is 11.5 Å². The monoisotopic (exact) mass is 593 g/mol. The van der Waals surface area contributed by atoms with E-state index in [9.17, 15) is 14.0 Å². The number of hydrogen-bond donors (Lipinski definition) is 0. The summed E-state index contributed by atoms with van der Waals surface area (Å²) in [6.07, 6.45) is 0.896. The zero-order valence-electron chi connectivity index (χ0n) is 22.0. The van der Waals surface area contributed by atoms with Gasteiger partial charge in [0.2, 0.25) is 5.76 Å². The molecule has 0 bridgehead atoms. The summed E-state index contributed by atoms with van der Waals surface area (Å²) < 4.78 is 32.3. The summed E-state index contributed by atoms with van der Waals surface area (Å²) in [6.45, 7) is 7.28. The van der Waals surface area contributed by atoms with Crippen LogP contribution in [0.2, 0.25) is 0 Å². The van der Waals surface area contributed by atoms with E-state index in [0.29, 0.717) is 47.2 Å². The highest BCUT2D eigenvalue weighted by Crippen LogP contribution is 2.42. The van der Waals surface area contributed by atoms with Gasteiger partial charge < -0.3 is 18.8 Å². The second kappa shape index (κ2) is 11.2. The number of carbonyl (C=O) groups is 1. The van der Waals surface area contributed by atoms with Gasteiger partial charge in [0.05, 0.1) is 30.2 Å². The Morgan fingerprint density at radius 3 is 2.49 bits per heavy atom. The van der Waals surface area contributed by atoms with Crippen LogP contribution in [0.5, 0.6) is 11.5 Å². The molecule has 1 aliphatic heterocycles. The lowest BCUT2D eigenvalue weighted by Crippen LogP contribution is -2.29. The van der Waals surface area contributed by atoms with Gasteiger partial charge >= 0.3 is 0 Å². The Bertz CT molecular complexity index is 1580. The predicted molar refractivity (Wildman–Crippen MR) is 151 cm³/mol. The van der Waals surface area contributed by atoms with Crippen LogP contribution in [0.3, 0.4) is 0 Å². The predicted octanol–water partition coefficient (Wildman–Crippen LogP) is 7.26. The van der Waals surface area contributed by atoms with Crippen LogP contribution in [-0.4, -0.2) is 24.0 Å². The summed E-state index contributed by atoms with van der Waals surface area (Å²) in [4.78, 5) is 29.2. The van der Waals surface area contributed by atoms with Crippen molar-refractivity contribution < 1.29 is 23.1 Å². The molecule has 0 saturated carbocycles. The molecule has 39 heavy (non-hydrogen) atoms. The molecule has 0 N–H and O–H groups in total. The minimum atomic E-state index is -0.735. The Morgan fingerprint density at radius 1 is 1.00 bits per heavy atom. The standard InChI is InChI=1S/C31H29BrFNO5/c1-4-37-26-15-20(7-11-25(26)38-14-13-18(2)3)28-27-29(35)23-16-21(32)8-12-24(23)39-30(27)31(36)34(28)17-19-5-9-22(33)10-6-19/h5-12,15-16,18,28H,4,13-14,17H2,1-3H3. The molecule has 8 heteroatoms. The molecule has 2 heterocycles. The van der Waals surface area contributed by atoms with Gasteiger partial charge in [0.15, 0.2) is 16.9 Å². The third-order valence-corrected chi connectivity index (χ3v) is 7.22. The smallest absolute Gasteiger partial charge is 0.291 e. The van der Waals surface area contributed by atoms with E-state index in [2.05, 4.69) is 29.8 Å². The molecule has 1 aromatic heterocycles. The van der Waals surface area contributed by atoms with Gasteiger partial charge in [0.1, 0.15) is 11.4 Å². The molecule has 1 aliphatic rings. The normalized spacial score (nSPS) is 14.8. The summed E-state index contributed by atoms with van der Waals surface area (Å²) >= 11 is 3.43. The maximum Gasteiger partial charge on any atom is 0.291 e. The molecule has 0 saturated heterocycles. The summed E-state index contributed by atoms with van der Waals surface area (Å²) in [5, 5.41) is 0.378. The number of rotatable bonds is 9. The minimum Gasteiger partial charge on any atom is -0.490 e. The molecular weight excluding hydrogens is 565 g/mol. The molecule has 5 rings (SSSR count). The average molecular weight is 594 g/mol. The number of nitrogens with zero attached hydrogens (tertiary/aromatic N) is 1. The fourth-order valence-electron chi connectivity index (χ4n) is 4.78. The van der Waals surface area contributed by atoms with Crippen LogP contribution in [0.4, 0.5) is 4.39 Å². The molecule has 202 valence electrons. The van der Waals surface area contributed by atoms with Gasteiger partial charge in [-0.2, -0.15) is 0 Å². The van der Waals surface area contributed by atoms with E-state index in [0.717, 1.165) is 16.5 Å². The molecule has 1 amide bonds. The van der Waals surface area contributed by atoms with E-state index in [1.165, 1.54) is 12.1 Å². The van der Waals surface area contributed by atoms with Gasteiger partial charge in [-0.15, -0.1) is 0 Å². The SMILES string of the molecule is CCOc1cc(C2c3c(oc4ccc(Br)cc4c3=O)C(=O)N2Cc2ccc(F)cc2)ccc1OCCC(C)C. The number of ether oxygens (including phenoxy) is 2. The average Bonchev–Trinajstić information content (AvgIpc) is 3.18. The van der Waals surface area contributed by atoms with E-state index >= 15 is 0 Å². The minimum absolute atomic E-state index is 0.0113. The summed E-state index contributed by atoms with van der Waals surface area (Å²) in [5.74, 6) is 0.873. The van der Waals surface area contributed by atoms with Gasteiger partial charge in [-0.1, -0.05) is 48.0 Å². The third kappa shape index (κ3) is 5.43. The van der Waals surface area contributed by atoms with E-state index in [1.807, 2.05) is 25.1 Å². The Labute approximate surface area is 234 Å². The van der Waals surface area contributed by atoms with Crippen LogP contribution in [0, 0.1) is 11.7 Å². The van der Waals surface area contributed by atoms with E-state index in [1.54, 1.807) is 35.2 Å². The Kier molecular flexibility index (Phi) is 7.75. The lowest BCUT2D eigenvalue weighted by molar-refractivity contribution is 0.0714. The second-order valence-electron chi connectivity index (χ2n) is 9.95. The van der Waals surface area contributed by atoms with Crippen LogP contribution in [0.1, 0.15) is 60.5 Å². The number of halogens is 2. The van der Waals surface area contributed by atoms with Crippen molar-refractivity contribution in [3.05, 3.63) is 104 Å². The van der Waals surface area contributed by atoms with Gasteiger partial charge in [0, 0.05) is 11.0 Å². The van der Waals surface area contributed by atoms with Crippen LogP contribution in [-0.2, 0) is 6.54 Å². The molecule has 0 radical (unpaired) electrons. The lowest BCUT2D eigenvalue weighted by atomic mass is 9.97. The molecule has 0 spiro atoms. The van der Waals surface area contributed by atoms with E-state index in [4.69, 9.17) is 13.9 Å². The maximum atomic E-state index is 13.9. The highest BCUT2D eigenvalue weighted by molar-refractivity contribution is 9.10. The fraction of sp³-hybridized carbons (Fsp3) is 0.290. The number of amides is 1.